The average molecular weight is 729 g/mol. The number of para-hydroxylation sites is 1. The van der Waals surface area contributed by atoms with Gasteiger partial charge < -0.3 is 9.47 Å². The lowest BCUT2D eigenvalue weighted by atomic mass is 9.82. The zero-order valence-corrected chi connectivity index (χ0v) is 32.0. The first-order valence-corrected chi connectivity index (χ1v) is 19.9. The van der Waals surface area contributed by atoms with E-state index in [-0.39, 0.29) is 5.41 Å². The molecule has 0 saturated heterocycles. The number of anilines is 3. The number of hydrogen-bond acceptors (Lipinski definition) is 1. The van der Waals surface area contributed by atoms with Gasteiger partial charge in [-0.1, -0.05) is 159 Å². The van der Waals surface area contributed by atoms with Gasteiger partial charge in [0.1, 0.15) is 0 Å². The third-order valence-corrected chi connectivity index (χ3v) is 12.2. The highest BCUT2D eigenvalue weighted by atomic mass is 15.1. The molecule has 1 aliphatic rings. The van der Waals surface area contributed by atoms with Crippen molar-refractivity contribution in [1.29, 1.82) is 0 Å². The Morgan fingerprint density at radius 2 is 0.982 bits per heavy atom. The molecule has 0 amide bonds. The summed E-state index contributed by atoms with van der Waals surface area (Å²) in [7, 11) is 0. The molecular weight excluding hydrogens is 689 g/mol. The molecule has 0 atom stereocenters. The van der Waals surface area contributed by atoms with Crippen LogP contribution in [-0.4, -0.2) is 4.57 Å². The molecule has 0 aliphatic heterocycles. The van der Waals surface area contributed by atoms with Gasteiger partial charge in [-0.3, -0.25) is 0 Å². The van der Waals surface area contributed by atoms with E-state index in [1.807, 2.05) is 0 Å². The minimum atomic E-state index is -0.0518. The molecule has 0 fully saturated rings. The van der Waals surface area contributed by atoms with Crippen LogP contribution in [-0.2, 0) is 5.41 Å². The summed E-state index contributed by atoms with van der Waals surface area (Å²) in [5.41, 5.74) is 17.1. The topological polar surface area (TPSA) is 8.17 Å². The summed E-state index contributed by atoms with van der Waals surface area (Å²) in [4.78, 5) is 2.40. The van der Waals surface area contributed by atoms with Crippen molar-refractivity contribution in [3.8, 4) is 39.1 Å². The molecule has 1 aromatic heterocycles. The third-order valence-electron chi connectivity index (χ3n) is 12.2. The largest absolute Gasteiger partial charge is 0.310 e. The number of aromatic nitrogens is 1. The van der Waals surface area contributed by atoms with Crippen molar-refractivity contribution in [2.24, 2.45) is 0 Å². The lowest BCUT2D eigenvalue weighted by molar-refractivity contribution is 0.660. The molecule has 57 heavy (non-hydrogen) atoms. The van der Waals surface area contributed by atoms with E-state index < -0.39 is 0 Å². The highest BCUT2D eigenvalue weighted by Crippen LogP contribution is 2.51. The number of rotatable bonds is 6. The van der Waals surface area contributed by atoms with E-state index in [0.717, 1.165) is 22.7 Å². The van der Waals surface area contributed by atoms with Crippen LogP contribution in [0.25, 0.3) is 71.6 Å². The van der Waals surface area contributed by atoms with Crippen LogP contribution in [0, 0.1) is 0 Å². The molecule has 0 spiro atoms. The molecule has 1 aliphatic carbocycles. The monoisotopic (exact) mass is 728 g/mol. The first-order valence-electron chi connectivity index (χ1n) is 19.9. The zero-order chi connectivity index (χ0) is 38.1. The maximum absolute atomic E-state index is 2.43. The molecular formula is C55H40N2. The third kappa shape index (κ3) is 5.25. The van der Waals surface area contributed by atoms with E-state index in [1.165, 1.54) is 77.1 Å². The van der Waals surface area contributed by atoms with Crippen molar-refractivity contribution in [1.82, 2.24) is 4.57 Å². The minimum absolute atomic E-state index is 0.0518. The van der Waals surface area contributed by atoms with Gasteiger partial charge in [-0.2, -0.15) is 0 Å². The summed E-state index contributed by atoms with van der Waals surface area (Å²) in [6, 6.07) is 75.5. The maximum Gasteiger partial charge on any atom is 0.0547 e. The fourth-order valence-electron chi connectivity index (χ4n) is 9.45. The molecule has 0 unspecified atom stereocenters. The van der Waals surface area contributed by atoms with Crippen molar-refractivity contribution in [3.63, 3.8) is 0 Å². The Bertz CT molecular complexity index is 3120. The molecule has 0 radical (unpaired) electrons. The quantitative estimate of drug-likeness (QED) is 0.165. The van der Waals surface area contributed by atoms with Gasteiger partial charge in [0, 0.05) is 38.9 Å². The van der Waals surface area contributed by atoms with Crippen molar-refractivity contribution in [2.45, 2.75) is 19.3 Å². The summed E-state index contributed by atoms with van der Waals surface area (Å²) in [5, 5.41) is 5.08. The number of hydrogen-bond donors (Lipinski definition) is 0. The van der Waals surface area contributed by atoms with Gasteiger partial charge in [0.2, 0.25) is 0 Å². The molecule has 1 heterocycles. The van der Waals surface area contributed by atoms with Crippen molar-refractivity contribution in [3.05, 3.63) is 217 Å². The highest BCUT2D eigenvalue weighted by Gasteiger charge is 2.35. The summed E-state index contributed by atoms with van der Waals surface area (Å²) in [6.07, 6.45) is 0. The van der Waals surface area contributed by atoms with Gasteiger partial charge in [0.25, 0.3) is 0 Å². The number of fused-ring (bicyclic) bond motifs is 8. The van der Waals surface area contributed by atoms with Crippen LogP contribution in [0.4, 0.5) is 17.1 Å². The SMILES string of the molecule is CC1(C)c2ccccc2-c2cc(N(c3ccc(-c4ccccc4)cc3)c3ccc(-n4c5ccccc5c5c6c(-c7ccccc7)cccc6ccc54)cc3)ccc21. The van der Waals surface area contributed by atoms with Gasteiger partial charge in [-0.05, 0) is 116 Å². The Hall–Kier alpha value is -7.16. The Morgan fingerprint density at radius 1 is 0.386 bits per heavy atom. The van der Waals surface area contributed by atoms with Crippen molar-refractivity contribution in [2.75, 3.05) is 4.90 Å². The Labute approximate surface area is 333 Å². The van der Waals surface area contributed by atoms with Gasteiger partial charge in [0.15, 0.2) is 0 Å². The molecule has 270 valence electrons. The molecule has 11 rings (SSSR count). The van der Waals surface area contributed by atoms with Gasteiger partial charge in [0.05, 0.1) is 11.0 Å². The second kappa shape index (κ2) is 13.0. The lowest BCUT2D eigenvalue weighted by Crippen LogP contribution is -2.15. The maximum atomic E-state index is 2.43. The predicted octanol–water partition coefficient (Wildman–Crippen LogP) is 15.0. The Kier molecular flexibility index (Phi) is 7.55. The molecule has 2 nitrogen and oxygen atoms in total. The van der Waals surface area contributed by atoms with E-state index in [2.05, 4.69) is 230 Å². The molecule has 10 aromatic rings. The summed E-state index contributed by atoms with van der Waals surface area (Å²) in [6.45, 7) is 4.69. The summed E-state index contributed by atoms with van der Waals surface area (Å²) >= 11 is 0. The standard InChI is InChI=1S/C55H40N2/c1-55(2)49-22-11-9-19-46(49)48-36-44(33-34-50(48)55)56(41-27-24-38(25-28-41)37-14-5-3-6-15-37)42-29-31-43(32-30-42)57-51-23-12-10-20-47(51)54-52(57)35-26-40-18-13-21-45(53(40)54)39-16-7-4-8-17-39/h3-36H,1-2H3. The molecule has 9 aromatic carbocycles. The second-order valence-electron chi connectivity index (χ2n) is 15.7. The Balaban J connectivity index is 1.07. The Morgan fingerprint density at radius 3 is 1.75 bits per heavy atom. The summed E-state index contributed by atoms with van der Waals surface area (Å²) < 4.78 is 2.43. The smallest absolute Gasteiger partial charge is 0.0547 e. The fourth-order valence-corrected chi connectivity index (χ4v) is 9.45. The summed E-state index contributed by atoms with van der Waals surface area (Å²) in [5.74, 6) is 0. The normalized spacial score (nSPS) is 12.9. The van der Waals surface area contributed by atoms with Gasteiger partial charge >= 0.3 is 0 Å². The van der Waals surface area contributed by atoms with Crippen LogP contribution in [0.2, 0.25) is 0 Å². The number of nitrogens with zero attached hydrogens (tertiary/aromatic N) is 2. The van der Waals surface area contributed by atoms with Gasteiger partial charge in [-0.25, -0.2) is 0 Å². The van der Waals surface area contributed by atoms with E-state index in [1.54, 1.807) is 0 Å². The molecule has 0 N–H and O–H groups in total. The molecule has 2 heteroatoms. The van der Waals surface area contributed by atoms with Crippen LogP contribution in [0.1, 0.15) is 25.0 Å². The predicted molar refractivity (Wildman–Crippen MR) is 241 cm³/mol. The molecule has 0 saturated carbocycles. The zero-order valence-electron chi connectivity index (χ0n) is 32.0. The minimum Gasteiger partial charge on any atom is -0.310 e. The van der Waals surface area contributed by atoms with Crippen LogP contribution in [0.3, 0.4) is 0 Å². The molecule has 0 bridgehead atoms. The van der Waals surface area contributed by atoms with Crippen LogP contribution < -0.4 is 4.90 Å². The van der Waals surface area contributed by atoms with Crippen LogP contribution in [0.5, 0.6) is 0 Å². The first kappa shape index (κ1) is 33.2. The van der Waals surface area contributed by atoms with E-state index in [0.29, 0.717) is 0 Å². The highest BCUT2D eigenvalue weighted by molar-refractivity contribution is 6.24. The fraction of sp³-hybridized carbons (Fsp3) is 0.0545. The lowest BCUT2D eigenvalue weighted by Gasteiger charge is -2.27. The second-order valence-corrected chi connectivity index (χ2v) is 15.7. The van der Waals surface area contributed by atoms with Crippen LogP contribution in [0.15, 0.2) is 206 Å². The van der Waals surface area contributed by atoms with E-state index >= 15 is 0 Å². The van der Waals surface area contributed by atoms with Crippen molar-refractivity contribution < 1.29 is 0 Å². The van der Waals surface area contributed by atoms with Crippen LogP contribution >= 0.6 is 0 Å². The van der Waals surface area contributed by atoms with Gasteiger partial charge in [-0.15, -0.1) is 0 Å². The van der Waals surface area contributed by atoms with E-state index in [9.17, 15) is 0 Å². The average Bonchev–Trinajstić information content (AvgIpc) is 3.73. The first-order chi connectivity index (χ1) is 28.0. The van der Waals surface area contributed by atoms with E-state index in [4.69, 9.17) is 0 Å². The van der Waals surface area contributed by atoms with Crippen molar-refractivity contribution >= 4 is 49.6 Å². The number of benzene rings is 9.